The second kappa shape index (κ2) is 10.6. The van der Waals surface area contributed by atoms with Crippen molar-refractivity contribution in [1.29, 1.82) is 0 Å². The van der Waals surface area contributed by atoms with Gasteiger partial charge in [-0.15, -0.1) is 0 Å². The molecule has 0 atom stereocenters. The fraction of sp³-hybridized carbons (Fsp3) is 0.636. The zero-order chi connectivity index (χ0) is 16.3. The molecule has 0 heterocycles. The molecule has 1 aliphatic carbocycles. The highest BCUT2D eigenvalue weighted by molar-refractivity contribution is 5.22. The molecule has 1 nitrogen and oxygen atoms in total. The minimum Gasteiger partial charge on any atom is -0.377 e. The molecule has 0 bridgehead atoms. The average Bonchev–Trinajstić information content (AvgIpc) is 2.59. The Labute approximate surface area is 143 Å². The molecule has 1 aromatic carbocycles. The van der Waals surface area contributed by atoms with Crippen molar-refractivity contribution in [2.45, 2.75) is 71.8 Å². The molecule has 0 unspecified atom stereocenters. The minimum absolute atomic E-state index is 0.759. The van der Waals surface area contributed by atoms with Crippen LogP contribution in [0.1, 0.15) is 69.9 Å². The fourth-order valence-electron chi connectivity index (χ4n) is 3.55. The third-order valence-electron chi connectivity index (χ3n) is 5.13. The first-order valence-corrected chi connectivity index (χ1v) is 9.60. The summed E-state index contributed by atoms with van der Waals surface area (Å²) in [5.41, 5.74) is 2.79. The Morgan fingerprint density at radius 2 is 1.74 bits per heavy atom. The van der Waals surface area contributed by atoms with Crippen molar-refractivity contribution in [3.05, 3.63) is 47.5 Å². The maximum atomic E-state index is 5.68. The minimum atomic E-state index is 0.759. The topological polar surface area (TPSA) is 9.23 Å². The molecule has 0 aromatic heterocycles. The second-order valence-corrected chi connectivity index (χ2v) is 7.07. The van der Waals surface area contributed by atoms with E-state index in [1.165, 1.54) is 56.1 Å². The SMILES string of the molecule is C/C=C\[C@H]1CC[C@H](CCc2ccc(COCCCC)cc2)CC1. The number of hydrogen-bond donors (Lipinski definition) is 0. The molecule has 128 valence electrons. The van der Waals surface area contributed by atoms with Crippen molar-refractivity contribution in [3.63, 3.8) is 0 Å². The first-order valence-electron chi connectivity index (χ1n) is 9.60. The molecule has 0 radical (unpaired) electrons. The van der Waals surface area contributed by atoms with E-state index in [-0.39, 0.29) is 0 Å². The number of rotatable bonds is 9. The van der Waals surface area contributed by atoms with Crippen molar-refractivity contribution < 1.29 is 4.74 Å². The zero-order valence-electron chi connectivity index (χ0n) is 15.1. The summed E-state index contributed by atoms with van der Waals surface area (Å²) < 4.78 is 5.68. The monoisotopic (exact) mass is 314 g/mol. The van der Waals surface area contributed by atoms with E-state index in [0.717, 1.165) is 31.5 Å². The molecule has 2 rings (SSSR count). The van der Waals surface area contributed by atoms with Crippen LogP contribution in [0, 0.1) is 11.8 Å². The highest BCUT2D eigenvalue weighted by Gasteiger charge is 2.18. The van der Waals surface area contributed by atoms with Gasteiger partial charge in [-0.3, -0.25) is 0 Å². The highest BCUT2D eigenvalue weighted by atomic mass is 16.5. The van der Waals surface area contributed by atoms with Crippen molar-refractivity contribution in [2.24, 2.45) is 11.8 Å². The largest absolute Gasteiger partial charge is 0.377 e. The summed E-state index contributed by atoms with van der Waals surface area (Å²) in [7, 11) is 0. The van der Waals surface area contributed by atoms with E-state index in [1.807, 2.05) is 0 Å². The van der Waals surface area contributed by atoms with Crippen LogP contribution in [0.2, 0.25) is 0 Å². The molecule has 0 spiro atoms. The molecule has 23 heavy (non-hydrogen) atoms. The standard InChI is InChI=1S/C22H34O/c1-3-5-17-23-18-22-15-13-21(14-16-22)12-11-20-9-7-19(6-4-2)8-10-20/h4,6,13-16,19-20H,3,5,7-12,17-18H2,1-2H3/b6-4-/t19-,20-. The summed E-state index contributed by atoms with van der Waals surface area (Å²) in [6, 6.07) is 9.07. The number of hydrogen-bond acceptors (Lipinski definition) is 1. The molecule has 1 aliphatic rings. The summed E-state index contributed by atoms with van der Waals surface area (Å²) in [6.45, 7) is 5.99. The van der Waals surface area contributed by atoms with Crippen LogP contribution in [0.3, 0.4) is 0 Å². The Morgan fingerprint density at radius 3 is 2.39 bits per heavy atom. The first kappa shape index (κ1) is 18.3. The molecule has 1 aromatic rings. The van der Waals surface area contributed by atoms with Crippen LogP contribution < -0.4 is 0 Å². The number of aryl methyl sites for hydroxylation is 1. The Morgan fingerprint density at radius 1 is 1.04 bits per heavy atom. The van der Waals surface area contributed by atoms with Gasteiger partial charge in [-0.1, -0.05) is 49.8 Å². The number of allylic oxidation sites excluding steroid dienone is 2. The van der Waals surface area contributed by atoms with E-state index in [1.54, 1.807) is 0 Å². The van der Waals surface area contributed by atoms with Crippen molar-refractivity contribution >= 4 is 0 Å². The van der Waals surface area contributed by atoms with Crippen LogP contribution in [0.4, 0.5) is 0 Å². The summed E-state index contributed by atoms with van der Waals surface area (Å²) in [4.78, 5) is 0. The van der Waals surface area contributed by atoms with Crippen LogP contribution in [-0.4, -0.2) is 6.61 Å². The van der Waals surface area contributed by atoms with Crippen LogP contribution in [0.25, 0.3) is 0 Å². The first-order chi connectivity index (χ1) is 11.3. The van der Waals surface area contributed by atoms with E-state index in [0.29, 0.717) is 0 Å². The highest BCUT2D eigenvalue weighted by Crippen LogP contribution is 2.32. The number of unbranched alkanes of at least 4 members (excludes halogenated alkanes) is 1. The van der Waals surface area contributed by atoms with E-state index < -0.39 is 0 Å². The van der Waals surface area contributed by atoms with Gasteiger partial charge < -0.3 is 4.74 Å². The summed E-state index contributed by atoms with van der Waals surface area (Å²) in [5.74, 6) is 1.79. The molecule has 1 saturated carbocycles. The van der Waals surface area contributed by atoms with Gasteiger partial charge in [0, 0.05) is 6.61 Å². The van der Waals surface area contributed by atoms with Gasteiger partial charge in [-0.25, -0.2) is 0 Å². The molecule has 1 fully saturated rings. The summed E-state index contributed by atoms with van der Waals surface area (Å²) in [5, 5.41) is 0. The van der Waals surface area contributed by atoms with Crippen LogP contribution in [0.5, 0.6) is 0 Å². The average molecular weight is 315 g/mol. The van der Waals surface area contributed by atoms with Gasteiger partial charge in [0.05, 0.1) is 6.61 Å². The van der Waals surface area contributed by atoms with Crippen molar-refractivity contribution in [2.75, 3.05) is 6.61 Å². The molecule has 0 saturated heterocycles. The Kier molecular flexibility index (Phi) is 8.46. The predicted molar refractivity (Wildman–Crippen MR) is 99.6 cm³/mol. The number of ether oxygens (including phenoxy) is 1. The quantitative estimate of drug-likeness (QED) is 0.383. The third kappa shape index (κ3) is 6.91. The lowest BCUT2D eigenvalue weighted by Crippen LogP contribution is -2.13. The van der Waals surface area contributed by atoms with Gasteiger partial charge in [0.1, 0.15) is 0 Å². The lowest BCUT2D eigenvalue weighted by atomic mass is 9.79. The van der Waals surface area contributed by atoms with Gasteiger partial charge in [0.15, 0.2) is 0 Å². The lowest BCUT2D eigenvalue weighted by molar-refractivity contribution is 0.118. The third-order valence-corrected chi connectivity index (χ3v) is 5.13. The number of benzene rings is 1. The summed E-state index contributed by atoms with van der Waals surface area (Å²) in [6.07, 6.45) is 15.2. The van der Waals surface area contributed by atoms with Gasteiger partial charge in [-0.05, 0) is 74.8 Å². The second-order valence-electron chi connectivity index (χ2n) is 7.07. The smallest absolute Gasteiger partial charge is 0.0716 e. The normalized spacial score (nSPS) is 21.8. The van der Waals surface area contributed by atoms with Gasteiger partial charge >= 0.3 is 0 Å². The Hall–Kier alpha value is -1.08. The van der Waals surface area contributed by atoms with E-state index in [2.05, 4.69) is 50.3 Å². The predicted octanol–water partition coefficient (Wildman–Crippen LogP) is 6.32. The lowest BCUT2D eigenvalue weighted by Gasteiger charge is -2.26. The van der Waals surface area contributed by atoms with E-state index in [4.69, 9.17) is 4.74 Å². The Bertz CT molecular complexity index is 438. The zero-order valence-corrected chi connectivity index (χ0v) is 15.1. The maximum Gasteiger partial charge on any atom is 0.0716 e. The van der Waals surface area contributed by atoms with Gasteiger partial charge in [-0.2, -0.15) is 0 Å². The van der Waals surface area contributed by atoms with Crippen molar-refractivity contribution in [1.82, 2.24) is 0 Å². The molecular formula is C22H34O. The maximum absolute atomic E-state index is 5.68. The van der Waals surface area contributed by atoms with E-state index >= 15 is 0 Å². The molecule has 0 amide bonds. The Balaban J connectivity index is 1.66. The van der Waals surface area contributed by atoms with E-state index in [9.17, 15) is 0 Å². The molecular weight excluding hydrogens is 280 g/mol. The van der Waals surface area contributed by atoms with Gasteiger partial charge in [0.25, 0.3) is 0 Å². The van der Waals surface area contributed by atoms with Crippen molar-refractivity contribution in [3.8, 4) is 0 Å². The molecule has 0 N–H and O–H groups in total. The van der Waals surface area contributed by atoms with Gasteiger partial charge in [0.2, 0.25) is 0 Å². The van der Waals surface area contributed by atoms with Crippen LogP contribution >= 0.6 is 0 Å². The van der Waals surface area contributed by atoms with Crippen LogP contribution in [-0.2, 0) is 17.8 Å². The molecule has 1 heteroatoms. The summed E-state index contributed by atoms with van der Waals surface area (Å²) >= 11 is 0. The van der Waals surface area contributed by atoms with Crippen LogP contribution in [0.15, 0.2) is 36.4 Å². The fourth-order valence-corrected chi connectivity index (χ4v) is 3.55. The molecule has 0 aliphatic heterocycles.